The first-order valence-electron chi connectivity index (χ1n) is 11.2. The van der Waals surface area contributed by atoms with E-state index in [1.165, 1.54) is 37.3 Å². The number of carbonyl (C=O) groups is 6. The van der Waals surface area contributed by atoms with E-state index in [2.05, 4.69) is 10.7 Å². The van der Waals surface area contributed by atoms with E-state index in [4.69, 9.17) is 4.74 Å². The van der Waals surface area contributed by atoms with E-state index in [1.54, 1.807) is 42.5 Å². The van der Waals surface area contributed by atoms with E-state index >= 15 is 0 Å². The zero-order chi connectivity index (χ0) is 26.3. The standard InChI is InChI=1S/C27H19N3O7/c1-27(15-8-3-2-4-9-15)25(35)30(26(36)28-27)29-20(31)14-37-24(34)19-13-7-12-18-21(19)23(33)17-11-6-5-10-16(17)22(18)32/h2-13H,14H2,1H3,(H,28,36)(H,29,31). The summed E-state index contributed by atoms with van der Waals surface area (Å²) < 4.78 is 5.06. The highest BCUT2D eigenvalue weighted by Gasteiger charge is 2.50. The number of hydrazine groups is 1. The number of imide groups is 1. The van der Waals surface area contributed by atoms with Crippen LogP contribution in [0.3, 0.4) is 0 Å². The molecule has 1 unspecified atom stereocenters. The fraction of sp³-hybridized carbons (Fsp3) is 0.111. The summed E-state index contributed by atoms with van der Waals surface area (Å²) in [5, 5.41) is 3.06. The minimum Gasteiger partial charge on any atom is -0.452 e. The molecule has 5 rings (SSSR count). The van der Waals surface area contributed by atoms with Crippen molar-refractivity contribution in [2.24, 2.45) is 0 Å². The summed E-state index contributed by atoms with van der Waals surface area (Å²) >= 11 is 0. The van der Waals surface area contributed by atoms with Crippen LogP contribution < -0.4 is 10.7 Å². The Bertz CT molecular complexity index is 1520. The third-order valence-electron chi connectivity index (χ3n) is 6.29. The third kappa shape index (κ3) is 3.84. The van der Waals surface area contributed by atoms with E-state index in [1.807, 2.05) is 0 Å². The van der Waals surface area contributed by atoms with Crippen molar-refractivity contribution in [3.05, 3.63) is 106 Å². The number of ether oxygens (including phenoxy) is 1. The Balaban J connectivity index is 1.29. The second kappa shape index (κ2) is 8.83. The van der Waals surface area contributed by atoms with Crippen LogP contribution in [-0.2, 0) is 19.9 Å². The maximum absolute atomic E-state index is 13.1. The molecule has 2 N–H and O–H groups in total. The lowest BCUT2D eigenvalue weighted by molar-refractivity contribution is -0.140. The molecule has 3 aromatic rings. The van der Waals surface area contributed by atoms with Gasteiger partial charge in [0.05, 0.1) is 5.56 Å². The van der Waals surface area contributed by atoms with Gasteiger partial charge in [-0.25, -0.2) is 9.59 Å². The molecule has 1 aliphatic carbocycles. The molecular weight excluding hydrogens is 478 g/mol. The molecule has 0 spiro atoms. The van der Waals surface area contributed by atoms with Gasteiger partial charge in [-0.2, -0.15) is 5.01 Å². The average molecular weight is 497 g/mol. The molecule has 1 aliphatic heterocycles. The molecule has 4 amide bonds. The van der Waals surface area contributed by atoms with Gasteiger partial charge in [-0.05, 0) is 18.6 Å². The number of esters is 1. The molecule has 2 aliphatic rings. The van der Waals surface area contributed by atoms with Crippen LogP contribution in [0.1, 0.15) is 54.7 Å². The largest absolute Gasteiger partial charge is 0.452 e. The van der Waals surface area contributed by atoms with E-state index < -0.39 is 47.5 Å². The number of hydrogen-bond donors (Lipinski definition) is 2. The summed E-state index contributed by atoms with van der Waals surface area (Å²) in [5.74, 6) is -3.60. The van der Waals surface area contributed by atoms with Crippen molar-refractivity contribution in [2.45, 2.75) is 12.5 Å². The zero-order valence-electron chi connectivity index (χ0n) is 19.4. The van der Waals surface area contributed by atoms with E-state index in [9.17, 15) is 28.8 Å². The summed E-state index contributed by atoms with van der Waals surface area (Å²) in [4.78, 5) is 76.5. The van der Waals surface area contributed by atoms with E-state index in [0.29, 0.717) is 10.6 Å². The van der Waals surface area contributed by atoms with Gasteiger partial charge in [-0.3, -0.25) is 24.6 Å². The third-order valence-corrected chi connectivity index (χ3v) is 6.29. The van der Waals surface area contributed by atoms with Crippen LogP contribution in [0.15, 0.2) is 72.8 Å². The van der Waals surface area contributed by atoms with Crippen molar-refractivity contribution in [3.63, 3.8) is 0 Å². The number of ketones is 2. The fourth-order valence-electron chi connectivity index (χ4n) is 4.39. The molecular formula is C27H19N3O7. The average Bonchev–Trinajstić information content (AvgIpc) is 3.14. The Labute approximate surface area is 210 Å². The van der Waals surface area contributed by atoms with Crippen molar-refractivity contribution < 1.29 is 33.5 Å². The SMILES string of the molecule is CC1(c2ccccc2)NC(=O)N(NC(=O)COC(=O)c2cccc3c2C(=O)c2ccccc2C3=O)C1=O. The first-order chi connectivity index (χ1) is 17.7. The molecule has 1 saturated heterocycles. The first-order valence-corrected chi connectivity index (χ1v) is 11.2. The number of hydrogen-bond acceptors (Lipinski definition) is 7. The fourth-order valence-corrected chi connectivity index (χ4v) is 4.39. The number of nitrogens with one attached hydrogen (secondary N) is 2. The Morgan fingerprint density at radius 2 is 1.46 bits per heavy atom. The molecule has 1 atom stereocenters. The Hall–Kier alpha value is -5.12. The molecule has 0 aromatic heterocycles. The van der Waals surface area contributed by atoms with Gasteiger partial charge in [-0.15, -0.1) is 0 Å². The van der Waals surface area contributed by atoms with Crippen molar-refractivity contribution >= 4 is 35.4 Å². The lowest BCUT2D eigenvalue weighted by Gasteiger charge is -2.22. The highest BCUT2D eigenvalue weighted by atomic mass is 16.5. The van der Waals surface area contributed by atoms with Gasteiger partial charge in [0.2, 0.25) is 0 Å². The molecule has 1 heterocycles. The van der Waals surface area contributed by atoms with Gasteiger partial charge in [-0.1, -0.05) is 66.7 Å². The van der Waals surface area contributed by atoms with Crippen molar-refractivity contribution in [1.29, 1.82) is 0 Å². The van der Waals surface area contributed by atoms with Crippen LogP contribution in [0, 0.1) is 0 Å². The smallest absolute Gasteiger partial charge is 0.344 e. The number of urea groups is 1. The molecule has 0 saturated carbocycles. The number of nitrogens with zero attached hydrogens (tertiary/aromatic N) is 1. The first kappa shape index (κ1) is 23.6. The van der Waals surface area contributed by atoms with Crippen LogP contribution in [0.4, 0.5) is 4.79 Å². The molecule has 184 valence electrons. The lowest BCUT2D eigenvalue weighted by Crippen LogP contribution is -2.49. The zero-order valence-corrected chi connectivity index (χ0v) is 19.4. The van der Waals surface area contributed by atoms with Gasteiger partial charge in [0.15, 0.2) is 18.2 Å². The number of amides is 4. The second-order valence-corrected chi connectivity index (χ2v) is 8.60. The van der Waals surface area contributed by atoms with Gasteiger partial charge in [0, 0.05) is 22.3 Å². The molecule has 10 heteroatoms. The number of fused-ring (bicyclic) bond motifs is 2. The predicted molar refractivity (Wildman–Crippen MR) is 127 cm³/mol. The van der Waals surface area contributed by atoms with Crippen LogP contribution in [0.5, 0.6) is 0 Å². The molecule has 3 aromatic carbocycles. The normalized spacial score (nSPS) is 18.1. The summed E-state index contributed by atoms with van der Waals surface area (Å²) in [6.07, 6.45) is 0. The summed E-state index contributed by atoms with van der Waals surface area (Å²) in [6.45, 7) is 0.657. The van der Waals surface area contributed by atoms with Gasteiger partial charge in [0.25, 0.3) is 11.8 Å². The van der Waals surface area contributed by atoms with Crippen molar-refractivity contribution in [2.75, 3.05) is 6.61 Å². The maximum Gasteiger partial charge on any atom is 0.344 e. The van der Waals surface area contributed by atoms with Crippen LogP contribution in [0.25, 0.3) is 0 Å². The van der Waals surface area contributed by atoms with Crippen LogP contribution in [0.2, 0.25) is 0 Å². The van der Waals surface area contributed by atoms with Crippen molar-refractivity contribution in [1.82, 2.24) is 15.8 Å². The summed E-state index contributed by atoms with van der Waals surface area (Å²) in [5.41, 5.74) is 1.44. The van der Waals surface area contributed by atoms with Crippen LogP contribution >= 0.6 is 0 Å². The van der Waals surface area contributed by atoms with E-state index in [-0.39, 0.29) is 27.8 Å². The Kier molecular flexibility index (Phi) is 5.63. The molecule has 10 nitrogen and oxygen atoms in total. The lowest BCUT2D eigenvalue weighted by atomic mass is 9.82. The Morgan fingerprint density at radius 1 is 0.838 bits per heavy atom. The number of benzene rings is 3. The number of carbonyl (C=O) groups excluding carboxylic acids is 6. The molecule has 37 heavy (non-hydrogen) atoms. The molecule has 0 radical (unpaired) electrons. The molecule has 1 fully saturated rings. The van der Waals surface area contributed by atoms with Gasteiger partial charge < -0.3 is 10.1 Å². The topological polar surface area (TPSA) is 139 Å². The van der Waals surface area contributed by atoms with Crippen molar-refractivity contribution in [3.8, 4) is 0 Å². The minimum atomic E-state index is -1.39. The van der Waals surface area contributed by atoms with E-state index in [0.717, 1.165) is 0 Å². The number of rotatable bonds is 5. The quantitative estimate of drug-likeness (QED) is 0.318. The second-order valence-electron chi connectivity index (χ2n) is 8.60. The minimum absolute atomic E-state index is 0.0575. The predicted octanol–water partition coefficient (Wildman–Crippen LogP) is 2.12. The van der Waals surface area contributed by atoms with Gasteiger partial charge >= 0.3 is 12.0 Å². The van der Waals surface area contributed by atoms with Gasteiger partial charge in [0.1, 0.15) is 5.54 Å². The maximum atomic E-state index is 13.1. The Morgan fingerprint density at radius 3 is 2.16 bits per heavy atom. The highest BCUT2D eigenvalue weighted by molar-refractivity contribution is 6.30. The monoisotopic (exact) mass is 497 g/mol. The summed E-state index contributed by atoms with van der Waals surface area (Å²) in [6, 6.07) is 18.1. The highest BCUT2D eigenvalue weighted by Crippen LogP contribution is 2.30. The summed E-state index contributed by atoms with van der Waals surface area (Å²) in [7, 11) is 0. The molecule has 0 bridgehead atoms. The van der Waals surface area contributed by atoms with Crippen LogP contribution in [-0.4, -0.2) is 47.0 Å².